The third kappa shape index (κ3) is 2.09. The van der Waals surface area contributed by atoms with E-state index in [1.165, 1.54) is 12.3 Å². The molecule has 0 amide bonds. The van der Waals surface area contributed by atoms with E-state index < -0.39 is 5.82 Å². The molecule has 4 rings (SSSR count). The van der Waals surface area contributed by atoms with E-state index >= 15 is 0 Å². The van der Waals surface area contributed by atoms with Gasteiger partial charge in [-0.2, -0.15) is 0 Å². The minimum atomic E-state index is -0.455. The summed E-state index contributed by atoms with van der Waals surface area (Å²) in [5.74, 6) is 0.792. The zero-order chi connectivity index (χ0) is 16.3. The third-order valence-corrected chi connectivity index (χ3v) is 4.38. The average Bonchev–Trinajstić information content (AvgIpc) is 2.87. The SMILES string of the molecule is Cc1nc2c(F)cc(-c3nc(Cl)ncc3Cl)c3c2n1[C@H](C)CO3. The standard InChI is InChI=1S/C15H11Cl2FN4O/c1-6-5-23-14-8(11-9(16)4-19-15(17)21-11)3-10(18)12-13(14)22(6)7(2)20-12/h3-4,6H,5H2,1-2H3/t6-/m1/s1. The van der Waals surface area contributed by atoms with Gasteiger partial charge in [0, 0.05) is 5.56 Å². The van der Waals surface area contributed by atoms with Crippen LogP contribution in [0.3, 0.4) is 0 Å². The first-order valence-corrected chi connectivity index (χ1v) is 7.75. The fourth-order valence-corrected chi connectivity index (χ4v) is 3.32. The summed E-state index contributed by atoms with van der Waals surface area (Å²) in [4.78, 5) is 12.3. The predicted molar refractivity (Wildman–Crippen MR) is 85.7 cm³/mol. The molecule has 0 aliphatic carbocycles. The van der Waals surface area contributed by atoms with Gasteiger partial charge in [-0.1, -0.05) is 11.6 Å². The van der Waals surface area contributed by atoms with Crippen LogP contribution in [0.2, 0.25) is 10.3 Å². The minimum absolute atomic E-state index is 0.0333. The van der Waals surface area contributed by atoms with Gasteiger partial charge >= 0.3 is 0 Å². The number of ether oxygens (including phenoxy) is 1. The summed E-state index contributed by atoms with van der Waals surface area (Å²) in [5.41, 5.74) is 1.67. The lowest BCUT2D eigenvalue weighted by Crippen LogP contribution is -2.20. The fourth-order valence-electron chi connectivity index (χ4n) is 2.99. The molecular formula is C15H11Cl2FN4O. The van der Waals surface area contributed by atoms with E-state index in [-0.39, 0.29) is 21.9 Å². The maximum Gasteiger partial charge on any atom is 0.222 e. The van der Waals surface area contributed by atoms with Crippen LogP contribution in [0.1, 0.15) is 18.8 Å². The molecule has 0 spiro atoms. The lowest BCUT2D eigenvalue weighted by molar-refractivity contribution is 0.247. The van der Waals surface area contributed by atoms with Gasteiger partial charge in [0.15, 0.2) is 11.6 Å². The van der Waals surface area contributed by atoms with Crippen LogP contribution < -0.4 is 4.74 Å². The molecule has 0 fully saturated rings. The third-order valence-electron chi connectivity index (χ3n) is 3.92. The van der Waals surface area contributed by atoms with Crippen molar-refractivity contribution in [2.45, 2.75) is 19.9 Å². The summed E-state index contributed by atoms with van der Waals surface area (Å²) in [6.45, 7) is 4.30. The van der Waals surface area contributed by atoms with Crippen molar-refractivity contribution < 1.29 is 9.13 Å². The number of halogens is 3. The number of nitrogens with zero attached hydrogens (tertiary/aromatic N) is 4. The van der Waals surface area contributed by atoms with Crippen molar-refractivity contribution in [1.82, 2.24) is 19.5 Å². The minimum Gasteiger partial charge on any atom is -0.488 e. The van der Waals surface area contributed by atoms with Crippen molar-refractivity contribution in [2.24, 2.45) is 0 Å². The summed E-state index contributed by atoms with van der Waals surface area (Å²) in [7, 11) is 0. The molecule has 118 valence electrons. The number of benzene rings is 1. The Labute approximate surface area is 141 Å². The van der Waals surface area contributed by atoms with Crippen LogP contribution in [0, 0.1) is 12.7 Å². The van der Waals surface area contributed by atoms with E-state index in [1.807, 2.05) is 18.4 Å². The van der Waals surface area contributed by atoms with Crippen LogP contribution in [-0.4, -0.2) is 26.1 Å². The molecule has 0 unspecified atom stereocenters. The second-order valence-corrected chi connectivity index (χ2v) is 6.20. The smallest absolute Gasteiger partial charge is 0.222 e. The molecule has 1 aliphatic heterocycles. The maximum atomic E-state index is 14.6. The van der Waals surface area contributed by atoms with Gasteiger partial charge in [-0.25, -0.2) is 19.3 Å². The van der Waals surface area contributed by atoms with Crippen LogP contribution in [0.5, 0.6) is 5.75 Å². The summed E-state index contributed by atoms with van der Waals surface area (Å²) >= 11 is 12.0. The van der Waals surface area contributed by atoms with E-state index in [0.29, 0.717) is 29.1 Å². The zero-order valence-corrected chi connectivity index (χ0v) is 13.8. The van der Waals surface area contributed by atoms with Gasteiger partial charge in [0.05, 0.1) is 23.0 Å². The molecule has 1 atom stereocenters. The average molecular weight is 353 g/mol. The molecule has 1 aromatic carbocycles. The van der Waals surface area contributed by atoms with E-state index in [2.05, 4.69) is 15.0 Å². The van der Waals surface area contributed by atoms with Crippen LogP contribution in [0.25, 0.3) is 22.3 Å². The molecule has 0 bridgehead atoms. The lowest BCUT2D eigenvalue weighted by atomic mass is 10.1. The Hall–Kier alpha value is -1.92. The summed E-state index contributed by atoms with van der Waals surface area (Å²) in [6, 6.07) is 1.39. The Morgan fingerprint density at radius 2 is 2.13 bits per heavy atom. The van der Waals surface area contributed by atoms with Crippen LogP contribution in [0.15, 0.2) is 12.3 Å². The topological polar surface area (TPSA) is 52.8 Å². The van der Waals surface area contributed by atoms with Crippen molar-refractivity contribution in [1.29, 1.82) is 0 Å². The molecule has 23 heavy (non-hydrogen) atoms. The molecule has 3 aromatic rings. The second kappa shape index (κ2) is 5.04. The molecule has 0 saturated carbocycles. The first-order chi connectivity index (χ1) is 11.0. The quantitative estimate of drug-likeness (QED) is 0.616. The Balaban J connectivity index is 2.12. The molecule has 5 nitrogen and oxygen atoms in total. The highest BCUT2D eigenvalue weighted by atomic mass is 35.5. The van der Waals surface area contributed by atoms with Gasteiger partial charge in [-0.15, -0.1) is 0 Å². The molecule has 8 heteroatoms. The van der Waals surface area contributed by atoms with Crippen LogP contribution in [-0.2, 0) is 0 Å². The summed E-state index contributed by atoms with van der Waals surface area (Å²) < 4.78 is 22.4. The number of rotatable bonds is 1. The first-order valence-electron chi connectivity index (χ1n) is 6.99. The molecule has 0 saturated heterocycles. The highest BCUT2D eigenvalue weighted by Crippen LogP contribution is 2.43. The van der Waals surface area contributed by atoms with Gasteiger partial charge in [0.1, 0.15) is 23.5 Å². The summed E-state index contributed by atoms with van der Waals surface area (Å²) in [6.07, 6.45) is 1.38. The highest BCUT2D eigenvalue weighted by molar-refractivity contribution is 6.33. The van der Waals surface area contributed by atoms with Crippen molar-refractivity contribution in [3.63, 3.8) is 0 Å². The van der Waals surface area contributed by atoms with Crippen LogP contribution in [0.4, 0.5) is 4.39 Å². The largest absolute Gasteiger partial charge is 0.488 e. The van der Waals surface area contributed by atoms with E-state index in [4.69, 9.17) is 27.9 Å². The molecule has 1 aliphatic rings. The van der Waals surface area contributed by atoms with Crippen molar-refractivity contribution in [3.8, 4) is 17.0 Å². The fraction of sp³-hybridized carbons (Fsp3) is 0.267. The van der Waals surface area contributed by atoms with E-state index in [0.717, 1.165) is 5.82 Å². The van der Waals surface area contributed by atoms with Gasteiger partial charge in [-0.05, 0) is 31.5 Å². The number of aromatic nitrogens is 4. The number of aryl methyl sites for hydroxylation is 1. The van der Waals surface area contributed by atoms with Crippen molar-refractivity contribution >= 4 is 34.2 Å². The van der Waals surface area contributed by atoms with Gasteiger partial charge in [-0.3, -0.25) is 0 Å². The predicted octanol–water partition coefficient (Wildman–Crippen LogP) is 4.20. The molecule has 3 heterocycles. The summed E-state index contributed by atoms with van der Waals surface area (Å²) in [5, 5.41) is 0.306. The first kappa shape index (κ1) is 14.7. The number of hydrogen-bond donors (Lipinski definition) is 0. The number of hydrogen-bond acceptors (Lipinski definition) is 4. The maximum absolute atomic E-state index is 14.6. The second-order valence-electron chi connectivity index (χ2n) is 5.46. The normalized spacial score (nSPS) is 16.7. The van der Waals surface area contributed by atoms with E-state index in [1.54, 1.807) is 0 Å². The molecule has 0 radical (unpaired) electrons. The highest BCUT2D eigenvalue weighted by Gasteiger charge is 2.29. The van der Waals surface area contributed by atoms with Crippen molar-refractivity contribution in [2.75, 3.05) is 6.61 Å². The Kier molecular flexibility index (Phi) is 3.21. The Morgan fingerprint density at radius 1 is 1.35 bits per heavy atom. The van der Waals surface area contributed by atoms with E-state index in [9.17, 15) is 4.39 Å². The van der Waals surface area contributed by atoms with Gasteiger partial charge in [0.2, 0.25) is 5.28 Å². The van der Waals surface area contributed by atoms with Gasteiger partial charge in [0.25, 0.3) is 0 Å². The van der Waals surface area contributed by atoms with Crippen LogP contribution >= 0.6 is 23.2 Å². The number of imidazole rings is 1. The molecular weight excluding hydrogens is 342 g/mol. The van der Waals surface area contributed by atoms with Crippen molar-refractivity contribution in [3.05, 3.63) is 34.2 Å². The lowest BCUT2D eigenvalue weighted by Gasteiger charge is -2.25. The Bertz CT molecular complexity index is 957. The van der Waals surface area contributed by atoms with Gasteiger partial charge < -0.3 is 9.30 Å². The molecule has 2 aromatic heterocycles. The zero-order valence-electron chi connectivity index (χ0n) is 12.3. The Morgan fingerprint density at radius 3 is 2.91 bits per heavy atom. The monoisotopic (exact) mass is 352 g/mol. The molecule has 0 N–H and O–H groups in total.